The number of ether oxygens (including phenoxy) is 1. The van der Waals surface area contributed by atoms with Crippen molar-refractivity contribution in [3.63, 3.8) is 0 Å². The molecule has 5 heteroatoms. The molecule has 2 N–H and O–H groups in total. The third kappa shape index (κ3) is 4.84. The SMILES string of the molecule is COc1ccc(CNC(=O)NC(C)(C)C)c(Cl)c1. The summed E-state index contributed by atoms with van der Waals surface area (Å²) in [6.45, 7) is 6.15. The highest BCUT2D eigenvalue weighted by molar-refractivity contribution is 6.31. The van der Waals surface area contributed by atoms with Gasteiger partial charge < -0.3 is 15.4 Å². The number of carbonyl (C=O) groups is 1. The molecule has 4 nitrogen and oxygen atoms in total. The van der Waals surface area contributed by atoms with Crippen molar-refractivity contribution in [3.05, 3.63) is 28.8 Å². The fraction of sp³-hybridized carbons (Fsp3) is 0.462. The molecule has 1 aromatic carbocycles. The fourth-order valence-corrected chi connectivity index (χ4v) is 1.60. The molecule has 1 aromatic rings. The van der Waals surface area contributed by atoms with Gasteiger partial charge in [-0.25, -0.2) is 4.79 Å². The molecular weight excluding hydrogens is 252 g/mol. The summed E-state index contributed by atoms with van der Waals surface area (Å²) in [6.07, 6.45) is 0. The molecule has 0 aliphatic rings. The molecule has 0 saturated heterocycles. The number of urea groups is 1. The average molecular weight is 271 g/mol. The van der Waals surface area contributed by atoms with Crippen molar-refractivity contribution in [1.29, 1.82) is 0 Å². The summed E-state index contributed by atoms with van der Waals surface area (Å²) in [5.41, 5.74) is 0.592. The smallest absolute Gasteiger partial charge is 0.315 e. The third-order valence-electron chi connectivity index (χ3n) is 2.19. The van der Waals surface area contributed by atoms with E-state index in [2.05, 4.69) is 10.6 Å². The number of rotatable bonds is 3. The topological polar surface area (TPSA) is 50.4 Å². The lowest BCUT2D eigenvalue weighted by Crippen LogP contribution is -2.46. The number of nitrogens with one attached hydrogen (secondary N) is 2. The average Bonchev–Trinajstić information content (AvgIpc) is 2.25. The zero-order valence-corrected chi connectivity index (χ0v) is 11.9. The van der Waals surface area contributed by atoms with E-state index in [1.54, 1.807) is 13.2 Å². The highest BCUT2D eigenvalue weighted by atomic mass is 35.5. The second-order valence-electron chi connectivity index (χ2n) is 5.02. The maximum atomic E-state index is 11.6. The third-order valence-corrected chi connectivity index (χ3v) is 2.54. The quantitative estimate of drug-likeness (QED) is 0.887. The summed E-state index contributed by atoms with van der Waals surface area (Å²) in [6, 6.07) is 5.15. The molecule has 0 spiro atoms. The van der Waals surface area contributed by atoms with E-state index in [0.29, 0.717) is 17.3 Å². The van der Waals surface area contributed by atoms with Crippen molar-refractivity contribution in [2.45, 2.75) is 32.9 Å². The molecular formula is C13H19ClN2O2. The first kappa shape index (κ1) is 14.6. The predicted octanol–water partition coefficient (Wildman–Crippen LogP) is 2.95. The molecule has 100 valence electrons. The first-order valence-corrected chi connectivity index (χ1v) is 6.08. The normalized spacial score (nSPS) is 10.9. The molecule has 0 heterocycles. The largest absolute Gasteiger partial charge is 0.497 e. The van der Waals surface area contributed by atoms with Crippen LogP contribution in [0.5, 0.6) is 5.75 Å². The zero-order valence-electron chi connectivity index (χ0n) is 11.1. The van der Waals surface area contributed by atoms with Gasteiger partial charge in [-0.3, -0.25) is 0 Å². The second kappa shape index (κ2) is 5.96. The summed E-state index contributed by atoms with van der Waals surface area (Å²) in [5.74, 6) is 0.697. The number of benzene rings is 1. The second-order valence-corrected chi connectivity index (χ2v) is 5.42. The minimum absolute atomic E-state index is 0.214. The van der Waals surface area contributed by atoms with Gasteiger partial charge in [-0.2, -0.15) is 0 Å². The molecule has 0 fully saturated rings. The monoisotopic (exact) mass is 270 g/mol. The van der Waals surface area contributed by atoms with Crippen molar-refractivity contribution in [3.8, 4) is 5.75 Å². The van der Waals surface area contributed by atoms with E-state index < -0.39 is 0 Å². The number of carbonyl (C=O) groups excluding carboxylic acids is 1. The van der Waals surface area contributed by atoms with Crippen molar-refractivity contribution in [2.24, 2.45) is 0 Å². The van der Waals surface area contributed by atoms with Gasteiger partial charge in [-0.05, 0) is 38.5 Å². The fourth-order valence-electron chi connectivity index (χ4n) is 1.36. The molecule has 0 unspecified atom stereocenters. The van der Waals surface area contributed by atoms with E-state index in [9.17, 15) is 4.79 Å². The standard InChI is InChI=1S/C13H19ClN2O2/c1-13(2,3)16-12(17)15-8-9-5-6-10(18-4)7-11(9)14/h5-7H,8H2,1-4H3,(H2,15,16,17). The lowest BCUT2D eigenvalue weighted by Gasteiger charge is -2.20. The summed E-state index contributed by atoms with van der Waals surface area (Å²) >= 11 is 6.07. The van der Waals surface area contributed by atoms with Crippen molar-refractivity contribution >= 4 is 17.6 Å². The van der Waals surface area contributed by atoms with Crippen LogP contribution >= 0.6 is 11.6 Å². The Morgan fingerprint density at radius 2 is 2.06 bits per heavy atom. The lowest BCUT2D eigenvalue weighted by molar-refractivity contribution is 0.231. The van der Waals surface area contributed by atoms with E-state index in [1.165, 1.54) is 0 Å². The van der Waals surface area contributed by atoms with Gasteiger partial charge >= 0.3 is 6.03 Å². The molecule has 2 amide bonds. The number of halogens is 1. The first-order valence-electron chi connectivity index (χ1n) is 5.70. The molecule has 1 rings (SSSR count). The van der Waals surface area contributed by atoms with Crippen LogP contribution in [0, 0.1) is 0 Å². The van der Waals surface area contributed by atoms with Crippen LogP contribution in [0.1, 0.15) is 26.3 Å². The van der Waals surface area contributed by atoms with Gasteiger partial charge in [0.1, 0.15) is 5.75 Å². The number of hydrogen-bond acceptors (Lipinski definition) is 2. The van der Waals surface area contributed by atoms with Gasteiger partial charge in [0, 0.05) is 17.1 Å². The van der Waals surface area contributed by atoms with Crippen LogP contribution in [0.4, 0.5) is 4.79 Å². The molecule has 0 saturated carbocycles. The molecule has 0 aromatic heterocycles. The van der Waals surface area contributed by atoms with E-state index >= 15 is 0 Å². The summed E-state index contributed by atoms with van der Waals surface area (Å²) in [7, 11) is 1.58. The highest BCUT2D eigenvalue weighted by Gasteiger charge is 2.13. The van der Waals surface area contributed by atoms with Crippen LogP contribution in [0.2, 0.25) is 5.02 Å². The van der Waals surface area contributed by atoms with E-state index in [0.717, 1.165) is 5.56 Å². The number of amides is 2. The van der Waals surface area contributed by atoms with Gasteiger partial charge in [0.05, 0.1) is 7.11 Å². The molecule has 0 radical (unpaired) electrons. The van der Waals surface area contributed by atoms with Crippen molar-refractivity contribution in [1.82, 2.24) is 10.6 Å². The minimum Gasteiger partial charge on any atom is -0.497 e. The van der Waals surface area contributed by atoms with E-state index in [4.69, 9.17) is 16.3 Å². The summed E-state index contributed by atoms with van der Waals surface area (Å²) in [4.78, 5) is 11.6. The Balaban J connectivity index is 2.56. The van der Waals surface area contributed by atoms with Crippen molar-refractivity contribution in [2.75, 3.05) is 7.11 Å². The zero-order chi connectivity index (χ0) is 13.8. The van der Waals surface area contributed by atoms with Crippen LogP contribution in [-0.4, -0.2) is 18.7 Å². The van der Waals surface area contributed by atoms with Gasteiger partial charge in [-0.1, -0.05) is 17.7 Å². The van der Waals surface area contributed by atoms with E-state index in [-0.39, 0.29) is 11.6 Å². The molecule has 0 aliphatic carbocycles. The maximum Gasteiger partial charge on any atom is 0.315 e. The highest BCUT2D eigenvalue weighted by Crippen LogP contribution is 2.22. The molecule has 0 atom stereocenters. The molecule has 18 heavy (non-hydrogen) atoms. The van der Waals surface area contributed by atoms with Gasteiger partial charge in [-0.15, -0.1) is 0 Å². The van der Waals surface area contributed by atoms with Crippen LogP contribution in [0.3, 0.4) is 0 Å². The van der Waals surface area contributed by atoms with Crippen LogP contribution < -0.4 is 15.4 Å². The number of hydrogen-bond donors (Lipinski definition) is 2. The Hall–Kier alpha value is -1.42. The maximum absolute atomic E-state index is 11.6. The molecule has 0 aliphatic heterocycles. The Labute approximate surface area is 113 Å². The van der Waals surface area contributed by atoms with Crippen molar-refractivity contribution < 1.29 is 9.53 Å². The van der Waals surface area contributed by atoms with Gasteiger partial charge in [0.15, 0.2) is 0 Å². The van der Waals surface area contributed by atoms with Crippen LogP contribution in [0.15, 0.2) is 18.2 Å². The molecule has 0 bridgehead atoms. The lowest BCUT2D eigenvalue weighted by atomic mass is 10.1. The Morgan fingerprint density at radius 1 is 1.39 bits per heavy atom. The van der Waals surface area contributed by atoms with E-state index in [1.807, 2.05) is 32.9 Å². The number of methoxy groups -OCH3 is 1. The van der Waals surface area contributed by atoms with Crippen LogP contribution in [-0.2, 0) is 6.54 Å². The van der Waals surface area contributed by atoms with Crippen LogP contribution in [0.25, 0.3) is 0 Å². The summed E-state index contributed by atoms with van der Waals surface area (Å²) < 4.78 is 5.06. The Kier molecular flexibility index (Phi) is 4.84. The summed E-state index contributed by atoms with van der Waals surface area (Å²) in [5, 5.41) is 6.15. The Bertz CT molecular complexity index is 427. The van der Waals surface area contributed by atoms with Gasteiger partial charge in [0.2, 0.25) is 0 Å². The minimum atomic E-state index is -0.256. The predicted molar refractivity (Wildman–Crippen MR) is 73.1 cm³/mol. The Morgan fingerprint density at radius 3 is 2.56 bits per heavy atom. The van der Waals surface area contributed by atoms with Gasteiger partial charge in [0.25, 0.3) is 0 Å². The first-order chi connectivity index (χ1) is 8.31.